The number of aliphatic hydroxyl groups excluding tert-OH is 6. The minimum atomic E-state index is -1.98. The van der Waals surface area contributed by atoms with Gasteiger partial charge in [-0.15, -0.1) is 0 Å². The molecule has 0 bridgehead atoms. The van der Waals surface area contributed by atoms with Crippen molar-refractivity contribution >= 4 is 0 Å². The van der Waals surface area contributed by atoms with E-state index >= 15 is 0 Å². The van der Waals surface area contributed by atoms with Crippen molar-refractivity contribution in [2.24, 2.45) is 0 Å². The smallest absolute Gasteiger partial charge is 0.229 e. The minimum absolute atomic E-state index is 0.0691. The first kappa shape index (κ1) is 24.1. The number of rotatable bonds is 8. The molecule has 8 N–H and O–H groups in total. The molecule has 0 radical (unpaired) electrons. The standard InChI is InChI=1S/C19H28O12/c20-4-3-9-1-2-11(10(23)5-9)29-17-15(14(25)13(24)12(6-21)30-17)31-18-16(26)19(27,7-22)8-28-18/h1-2,5,12-18,20-27H,3-4,6-8H2. The Morgan fingerprint density at radius 2 is 1.81 bits per heavy atom. The van der Waals surface area contributed by atoms with Gasteiger partial charge in [0.05, 0.1) is 19.8 Å². The third kappa shape index (κ3) is 4.93. The summed E-state index contributed by atoms with van der Waals surface area (Å²) in [6, 6.07) is 4.35. The van der Waals surface area contributed by atoms with Gasteiger partial charge < -0.3 is 59.8 Å². The Kier molecular flexibility index (Phi) is 7.70. The van der Waals surface area contributed by atoms with Gasteiger partial charge in [-0.05, 0) is 24.1 Å². The number of hydrogen-bond acceptors (Lipinski definition) is 12. The first-order valence-corrected chi connectivity index (χ1v) is 9.74. The number of phenols is 1. The molecule has 2 aliphatic heterocycles. The molecule has 8 unspecified atom stereocenters. The molecular weight excluding hydrogens is 420 g/mol. The van der Waals surface area contributed by atoms with Crippen LogP contribution >= 0.6 is 0 Å². The van der Waals surface area contributed by atoms with Crippen molar-refractivity contribution in [2.45, 2.75) is 55.1 Å². The lowest BCUT2D eigenvalue weighted by Gasteiger charge is -2.42. The zero-order valence-corrected chi connectivity index (χ0v) is 16.5. The van der Waals surface area contributed by atoms with Gasteiger partial charge in [-0.25, -0.2) is 0 Å². The molecule has 0 saturated carbocycles. The summed E-state index contributed by atoms with van der Waals surface area (Å²) in [5.41, 5.74) is -1.34. The molecule has 2 saturated heterocycles. The summed E-state index contributed by atoms with van der Waals surface area (Å²) in [6.07, 6.45) is -10.3. The van der Waals surface area contributed by atoms with Gasteiger partial charge in [-0.3, -0.25) is 0 Å². The second-order valence-corrected chi connectivity index (χ2v) is 7.59. The van der Waals surface area contributed by atoms with Crippen LogP contribution in [0.25, 0.3) is 0 Å². The fourth-order valence-corrected chi connectivity index (χ4v) is 3.43. The van der Waals surface area contributed by atoms with Crippen LogP contribution in [-0.4, -0.2) is 116 Å². The molecule has 31 heavy (non-hydrogen) atoms. The second kappa shape index (κ2) is 9.92. The lowest BCUT2D eigenvalue weighted by atomic mass is 9.98. The molecule has 1 aromatic carbocycles. The van der Waals surface area contributed by atoms with Gasteiger partial charge in [0.2, 0.25) is 6.29 Å². The van der Waals surface area contributed by atoms with Crippen LogP contribution in [0, 0.1) is 0 Å². The summed E-state index contributed by atoms with van der Waals surface area (Å²) in [7, 11) is 0. The number of ether oxygens (including phenoxy) is 4. The van der Waals surface area contributed by atoms with Gasteiger partial charge in [0.15, 0.2) is 23.9 Å². The van der Waals surface area contributed by atoms with E-state index in [1.807, 2.05) is 0 Å². The molecule has 2 heterocycles. The van der Waals surface area contributed by atoms with Gasteiger partial charge in [-0.2, -0.15) is 0 Å². The molecule has 1 aromatic rings. The van der Waals surface area contributed by atoms with Gasteiger partial charge in [-0.1, -0.05) is 6.07 Å². The summed E-state index contributed by atoms with van der Waals surface area (Å²) in [6.45, 7) is -2.02. The molecule has 0 aromatic heterocycles. The van der Waals surface area contributed by atoms with Gasteiger partial charge in [0, 0.05) is 6.61 Å². The lowest BCUT2D eigenvalue weighted by Crippen LogP contribution is -2.62. The number of phenolic OH excluding ortho intramolecular Hbond substituents is 1. The van der Waals surface area contributed by atoms with Crippen molar-refractivity contribution in [1.82, 2.24) is 0 Å². The van der Waals surface area contributed by atoms with E-state index in [0.717, 1.165) is 0 Å². The molecule has 0 aliphatic carbocycles. The van der Waals surface area contributed by atoms with Crippen LogP contribution in [0.3, 0.4) is 0 Å². The topological polar surface area (TPSA) is 199 Å². The van der Waals surface area contributed by atoms with E-state index in [1.165, 1.54) is 12.1 Å². The van der Waals surface area contributed by atoms with Crippen LogP contribution in [0.4, 0.5) is 0 Å². The van der Waals surface area contributed by atoms with E-state index in [1.54, 1.807) is 6.07 Å². The molecular formula is C19H28O12. The highest BCUT2D eigenvalue weighted by molar-refractivity contribution is 5.42. The molecule has 176 valence electrons. The van der Waals surface area contributed by atoms with Gasteiger partial charge >= 0.3 is 0 Å². The Morgan fingerprint density at radius 1 is 1.06 bits per heavy atom. The van der Waals surface area contributed by atoms with Crippen LogP contribution in [-0.2, 0) is 20.6 Å². The largest absolute Gasteiger partial charge is 0.504 e. The molecule has 2 aliphatic rings. The van der Waals surface area contributed by atoms with E-state index in [-0.39, 0.29) is 18.1 Å². The molecule has 12 nitrogen and oxygen atoms in total. The quantitative estimate of drug-likeness (QED) is 0.196. The Balaban J connectivity index is 1.81. The maximum atomic E-state index is 10.5. The summed E-state index contributed by atoms with van der Waals surface area (Å²) in [5, 5.41) is 78.9. The SMILES string of the molecule is OCCc1ccc(OC2OC(CO)C(O)C(O)C2OC2OCC(O)(CO)C2O)c(O)c1. The maximum Gasteiger partial charge on any atom is 0.229 e. The van der Waals surface area contributed by atoms with Crippen LogP contribution in [0.15, 0.2) is 18.2 Å². The Morgan fingerprint density at radius 3 is 2.39 bits per heavy atom. The Hall–Kier alpha value is -1.58. The highest BCUT2D eigenvalue weighted by atomic mass is 16.8. The highest BCUT2D eigenvalue weighted by Gasteiger charge is 2.53. The van der Waals surface area contributed by atoms with Crippen molar-refractivity contribution in [3.05, 3.63) is 23.8 Å². The average Bonchev–Trinajstić information content (AvgIpc) is 3.04. The summed E-state index contributed by atoms with van der Waals surface area (Å²) >= 11 is 0. The maximum absolute atomic E-state index is 10.5. The number of hydrogen-bond donors (Lipinski definition) is 8. The zero-order chi connectivity index (χ0) is 22.8. The average molecular weight is 448 g/mol. The Bertz CT molecular complexity index is 732. The van der Waals surface area contributed by atoms with Crippen molar-refractivity contribution in [2.75, 3.05) is 26.4 Å². The fraction of sp³-hybridized carbons (Fsp3) is 0.684. The van der Waals surface area contributed by atoms with Crippen molar-refractivity contribution < 1.29 is 59.8 Å². The zero-order valence-electron chi connectivity index (χ0n) is 16.5. The molecule has 12 heteroatoms. The summed E-state index contributed by atoms with van der Waals surface area (Å²) in [5.74, 6) is -0.360. The minimum Gasteiger partial charge on any atom is -0.504 e. The number of benzene rings is 1. The molecule has 0 amide bonds. The molecule has 0 spiro atoms. The third-order valence-electron chi connectivity index (χ3n) is 5.36. The first-order chi connectivity index (χ1) is 14.7. The predicted molar refractivity (Wildman–Crippen MR) is 99.9 cm³/mol. The highest BCUT2D eigenvalue weighted by Crippen LogP contribution is 2.34. The first-order valence-electron chi connectivity index (χ1n) is 9.74. The summed E-state index contributed by atoms with van der Waals surface area (Å²) < 4.78 is 21.8. The van der Waals surface area contributed by atoms with Crippen molar-refractivity contribution in [1.29, 1.82) is 0 Å². The predicted octanol–water partition coefficient (Wildman–Crippen LogP) is -3.43. The third-order valence-corrected chi connectivity index (χ3v) is 5.36. The van der Waals surface area contributed by atoms with E-state index in [4.69, 9.17) is 24.1 Å². The second-order valence-electron chi connectivity index (χ2n) is 7.59. The molecule has 3 rings (SSSR count). The van der Waals surface area contributed by atoms with E-state index in [9.17, 15) is 35.7 Å². The van der Waals surface area contributed by atoms with Gasteiger partial charge in [0.1, 0.15) is 30.0 Å². The lowest BCUT2D eigenvalue weighted by molar-refractivity contribution is -0.319. The summed E-state index contributed by atoms with van der Waals surface area (Å²) in [4.78, 5) is 0. The van der Waals surface area contributed by atoms with Crippen LogP contribution in [0.5, 0.6) is 11.5 Å². The van der Waals surface area contributed by atoms with Crippen LogP contribution < -0.4 is 4.74 Å². The van der Waals surface area contributed by atoms with Crippen molar-refractivity contribution in [3.63, 3.8) is 0 Å². The van der Waals surface area contributed by atoms with Gasteiger partial charge in [0.25, 0.3) is 0 Å². The normalized spacial score (nSPS) is 38.4. The van der Waals surface area contributed by atoms with E-state index < -0.39 is 68.5 Å². The van der Waals surface area contributed by atoms with Crippen LogP contribution in [0.2, 0.25) is 0 Å². The number of aliphatic hydroxyl groups is 7. The monoisotopic (exact) mass is 448 g/mol. The Labute approximate surface area is 177 Å². The van der Waals surface area contributed by atoms with Crippen LogP contribution in [0.1, 0.15) is 5.56 Å². The number of aromatic hydroxyl groups is 1. The fourth-order valence-electron chi connectivity index (χ4n) is 3.43. The molecule has 2 fully saturated rings. The van der Waals surface area contributed by atoms with E-state index in [2.05, 4.69) is 0 Å². The van der Waals surface area contributed by atoms with Crippen molar-refractivity contribution in [3.8, 4) is 11.5 Å². The van der Waals surface area contributed by atoms with E-state index in [0.29, 0.717) is 12.0 Å². The molecule has 8 atom stereocenters.